The summed E-state index contributed by atoms with van der Waals surface area (Å²) in [4.78, 5) is 0.282. The van der Waals surface area contributed by atoms with Crippen LogP contribution < -0.4 is 4.72 Å². The molecule has 1 aromatic carbocycles. The van der Waals surface area contributed by atoms with E-state index in [0.29, 0.717) is 11.1 Å². The van der Waals surface area contributed by atoms with E-state index in [1.807, 2.05) is 32.9 Å². The fraction of sp³-hybridized carbons (Fsp3) is 0.529. The first-order chi connectivity index (χ1) is 11.3. The van der Waals surface area contributed by atoms with Crippen molar-refractivity contribution in [2.75, 3.05) is 12.9 Å². The van der Waals surface area contributed by atoms with Gasteiger partial charge in [-0.3, -0.25) is 4.18 Å². The molecule has 1 N–H and O–H groups in total. The first-order valence-corrected chi connectivity index (χ1v) is 11.2. The van der Waals surface area contributed by atoms with Crippen LogP contribution in [0.15, 0.2) is 29.2 Å². The van der Waals surface area contributed by atoms with Crippen LogP contribution in [-0.4, -0.2) is 35.7 Å². The molecule has 8 heteroatoms. The minimum atomic E-state index is -3.71. The summed E-state index contributed by atoms with van der Waals surface area (Å²) in [5.41, 5.74) is 2.39. The first-order valence-electron chi connectivity index (χ1n) is 7.94. The Bertz CT molecular complexity index is 817. The minimum Gasteiger partial charge on any atom is -0.266 e. The van der Waals surface area contributed by atoms with Gasteiger partial charge in [0.2, 0.25) is 10.0 Å². The Hall–Kier alpha value is -1.22. The van der Waals surface area contributed by atoms with Crippen molar-refractivity contribution in [2.45, 2.75) is 45.6 Å². The van der Waals surface area contributed by atoms with Gasteiger partial charge in [-0.15, -0.1) is 0 Å². The summed E-state index contributed by atoms with van der Waals surface area (Å²) in [7, 11) is -7.23. The van der Waals surface area contributed by atoms with Gasteiger partial charge in [0.25, 0.3) is 10.1 Å². The lowest BCUT2D eigenvalue weighted by Crippen LogP contribution is -2.37. The summed E-state index contributed by atoms with van der Waals surface area (Å²) < 4.78 is 54.9. The van der Waals surface area contributed by atoms with Crippen molar-refractivity contribution >= 4 is 20.1 Å². The minimum absolute atomic E-state index is 0.0182. The van der Waals surface area contributed by atoms with Gasteiger partial charge in [-0.1, -0.05) is 43.7 Å². The number of aryl methyl sites for hydroxylation is 3. The predicted molar refractivity (Wildman–Crippen MR) is 99.5 cm³/mol. The molecule has 1 rings (SSSR count). The quantitative estimate of drug-likeness (QED) is 0.545. The van der Waals surface area contributed by atoms with Crippen LogP contribution in [0.2, 0.25) is 0 Å². The fourth-order valence-corrected chi connectivity index (χ4v) is 4.71. The second-order valence-electron chi connectivity index (χ2n) is 6.54. The van der Waals surface area contributed by atoms with E-state index in [4.69, 9.17) is 0 Å². The van der Waals surface area contributed by atoms with Crippen LogP contribution >= 0.6 is 0 Å². The van der Waals surface area contributed by atoms with Crippen molar-refractivity contribution in [2.24, 2.45) is 5.92 Å². The van der Waals surface area contributed by atoms with Gasteiger partial charge in [0, 0.05) is 6.04 Å². The van der Waals surface area contributed by atoms with E-state index < -0.39 is 26.2 Å². The van der Waals surface area contributed by atoms with E-state index >= 15 is 0 Å². The summed E-state index contributed by atoms with van der Waals surface area (Å²) in [6.07, 6.45) is 4.09. The Balaban J connectivity index is 3.03. The summed E-state index contributed by atoms with van der Waals surface area (Å²) in [5, 5.41) is 0. The molecule has 0 radical (unpaired) electrons. The molecule has 0 bridgehead atoms. The van der Waals surface area contributed by atoms with Crippen LogP contribution in [-0.2, 0) is 24.3 Å². The lowest BCUT2D eigenvalue weighted by molar-refractivity contribution is 0.360. The average molecular weight is 390 g/mol. The van der Waals surface area contributed by atoms with Crippen LogP contribution in [0.25, 0.3) is 0 Å². The summed E-state index contributed by atoms with van der Waals surface area (Å²) in [6, 6.07) is 3.19. The molecule has 0 fully saturated rings. The molecule has 25 heavy (non-hydrogen) atoms. The maximum absolute atomic E-state index is 12.8. The second-order valence-corrected chi connectivity index (χ2v) is 9.83. The van der Waals surface area contributed by atoms with Gasteiger partial charge in [-0.2, -0.15) is 8.42 Å². The van der Waals surface area contributed by atoms with E-state index in [1.54, 1.807) is 19.9 Å². The van der Waals surface area contributed by atoms with Crippen molar-refractivity contribution in [3.05, 3.63) is 41.0 Å². The average Bonchev–Trinajstić information content (AvgIpc) is 2.39. The van der Waals surface area contributed by atoms with Crippen LogP contribution in [0.5, 0.6) is 0 Å². The molecule has 1 aromatic rings. The number of hydrogen-bond donors (Lipinski definition) is 1. The monoisotopic (exact) mass is 389 g/mol. The zero-order valence-corrected chi connectivity index (χ0v) is 17.2. The summed E-state index contributed by atoms with van der Waals surface area (Å²) >= 11 is 0. The van der Waals surface area contributed by atoms with Crippen molar-refractivity contribution in [3.63, 3.8) is 0 Å². The SMILES string of the molecule is Cc1cc(C)c(S(=O)(=O)NC(/C=C\COS(C)(=O)=O)C(C)C)c(C)c1. The normalized spacial score (nSPS) is 14.4. The van der Waals surface area contributed by atoms with Crippen molar-refractivity contribution in [1.29, 1.82) is 0 Å². The maximum atomic E-state index is 12.8. The molecule has 0 saturated carbocycles. The van der Waals surface area contributed by atoms with Gasteiger partial charge >= 0.3 is 0 Å². The molecule has 0 aromatic heterocycles. The van der Waals surface area contributed by atoms with Gasteiger partial charge in [0.1, 0.15) is 0 Å². The van der Waals surface area contributed by atoms with Gasteiger partial charge in [0.05, 0.1) is 17.8 Å². The molecule has 142 valence electrons. The molecule has 0 saturated heterocycles. The highest BCUT2D eigenvalue weighted by molar-refractivity contribution is 7.89. The van der Waals surface area contributed by atoms with Gasteiger partial charge in [0.15, 0.2) is 0 Å². The Labute approximate surface area is 151 Å². The largest absolute Gasteiger partial charge is 0.266 e. The summed E-state index contributed by atoms with van der Waals surface area (Å²) in [5.74, 6) is -0.0182. The van der Waals surface area contributed by atoms with Gasteiger partial charge < -0.3 is 0 Å². The van der Waals surface area contributed by atoms with E-state index in [0.717, 1.165) is 11.8 Å². The van der Waals surface area contributed by atoms with Crippen molar-refractivity contribution < 1.29 is 21.0 Å². The molecular formula is C17H27NO5S2. The smallest absolute Gasteiger partial charge is 0.264 e. The molecule has 0 spiro atoms. The lowest BCUT2D eigenvalue weighted by Gasteiger charge is -2.21. The molecule has 1 unspecified atom stereocenters. The Morgan fingerprint density at radius 3 is 2.04 bits per heavy atom. The molecule has 1 atom stereocenters. The molecule has 0 aliphatic carbocycles. The van der Waals surface area contributed by atoms with Crippen molar-refractivity contribution in [3.8, 4) is 0 Å². The molecule has 0 aliphatic rings. The highest BCUT2D eigenvalue weighted by Crippen LogP contribution is 2.22. The predicted octanol–water partition coefficient (Wildman–Crippen LogP) is 2.45. The number of nitrogens with one attached hydrogen (secondary N) is 1. The number of hydrogen-bond acceptors (Lipinski definition) is 5. The lowest BCUT2D eigenvalue weighted by atomic mass is 10.1. The van der Waals surface area contributed by atoms with Gasteiger partial charge in [-0.25, -0.2) is 13.1 Å². The number of sulfonamides is 1. The van der Waals surface area contributed by atoms with Crippen LogP contribution in [0, 0.1) is 26.7 Å². The highest BCUT2D eigenvalue weighted by atomic mass is 32.2. The maximum Gasteiger partial charge on any atom is 0.264 e. The third kappa shape index (κ3) is 6.89. The third-order valence-electron chi connectivity index (χ3n) is 3.60. The van der Waals surface area contributed by atoms with E-state index in [2.05, 4.69) is 8.91 Å². The number of rotatable bonds is 8. The zero-order chi connectivity index (χ0) is 19.4. The zero-order valence-electron chi connectivity index (χ0n) is 15.5. The topological polar surface area (TPSA) is 89.5 Å². The van der Waals surface area contributed by atoms with Crippen LogP contribution in [0.1, 0.15) is 30.5 Å². The molecule has 0 heterocycles. The van der Waals surface area contributed by atoms with Crippen LogP contribution in [0.3, 0.4) is 0 Å². The Morgan fingerprint density at radius 2 is 1.60 bits per heavy atom. The molecule has 0 amide bonds. The summed E-state index contributed by atoms with van der Waals surface area (Å²) in [6.45, 7) is 9.09. The van der Waals surface area contributed by atoms with E-state index in [1.165, 1.54) is 6.08 Å². The van der Waals surface area contributed by atoms with Crippen LogP contribution in [0.4, 0.5) is 0 Å². The second kappa shape index (κ2) is 8.44. The third-order valence-corrected chi connectivity index (χ3v) is 5.93. The standard InChI is InChI=1S/C17H27NO5S2/c1-12(2)16(8-7-9-23-24(6,19)20)18-25(21,22)17-14(4)10-13(3)11-15(17)5/h7-8,10-12,16,18H,9H2,1-6H3/b8-7-. The molecular weight excluding hydrogens is 362 g/mol. The fourth-order valence-electron chi connectivity index (χ4n) is 2.59. The Morgan fingerprint density at radius 1 is 1.08 bits per heavy atom. The highest BCUT2D eigenvalue weighted by Gasteiger charge is 2.24. The van der Waals surface area contributed by atoms with Crippen molar-refractivity contribution in [1.82, 2.24) is 4.72 Å². The number of benzene rings is 1. The molecule has 6 nitrogen and oxygen atoms in total. The van der Waals surface area contributed by atoms with E-state index in [-0.39, 0.29) is 17.4 Å². The molecule has 0 aliphatic heterocycles. The Kier molecular flexibility index (Phi) is 7.37. The van der Waals surface area contributed by atoms with Gasteiger partial charge in [-0.05, 0) is 37.8 Å². The van der Waals surface area contributed by atoms with E-state index in [9.17, 15) is 16.8 Å². The first kappa shape index (κ1) is 21.8.